The molecule has 1 fully saturated rings. The van der Waals surface area contributed by atoms with Gasteiger partial charge >= 0.3 is 6.18 Å². The highest BCUT2D eigenvalue weighted by molar-refractivity contribution is 5.79. The summed E-state index contributed by atoms with van der Waals surface area (Å²) >= 11 is 0. The highest BCUT2D eigenvalue weighted by Crippen LogP contribution is 2.24. The van der Waals surface area contributed by atoms with Crippen molar-refractivity contribution in [1.29, 1.82) is 0 Å². The van der Waals surface area contributed by atoms with E-state index in [1.165, 1.54) is 0 Å². The summed E-state index contributed by atoms with van der Waals surface area (Å²) in [6, 6.07) is -0.239. The summed E-state index contributed by atoms with van der Waals surface area (Å²) in [5.41, 5.74) is 0. The van der Waals surface area contributed by atoms with Crippen LogP contribution in [0.25, 0.3) is 0 Å². The molecule has 18 heavy (non-hydrogen) atoms. The van der Waals surface area contributed by atoms with Crippen molar-refractivity contribution in [3.63, 3.8) is 0 Å². The van der Waals surface area contributed by atoms with Crippen molar-refractivity contribution in [2.75, 3.05) is 13.1 Å². The predicted molar refractivity (Wildman–Crippen MR) is 63.1 cm³/mol. The van der Waals surface area contributed by atoms with Gasteiger partial charge in [0.25, 0.3) is 0 Å². The summed E-state index contributed by atoms with van der Waals surface area (Å²) in [5, 5.41) is 3.19. The van der Waals surface area contributed by atoms with Crippen LogP contribution in [0, 0.1) is 5.92 Å². The van der Waals surface area contributed by atoms with Gasteiger partial charge in [-0.1, -0.05) is 0 Å². The zero-order chi connectivity index (χ0) is 13.9. The number of nitrogens with one attached hydrogen (secondary N) is 1. The molecule has 0 aromatic heterocycles. The molecular weight excluding hydrogens is 245 g/mol. The van der Waals surface area contributed by atoms with Gasteiger partial charge in [0.05, 0.1) is 0 Å². The second-order valence-corrected chi connectivity index (χ2v) is 5.25. The fraction of sp³-hybridized carbons (Fsp3) is 0.917. The first-order valence-corrected chi connectivity index (χ1v) is 6.31. The van der Waals surface area contributed by atoms with Crippen LogP contribution in [-0.2, 0) is 4.79 Å². The number of piperidine rings is 1. The van der Waals surface area contributed by atoms with Gasteiger partial charge in [0.1, 0.15) is 6.54 Å². The van der Waals surface area contributed by atoms with E-state index >= 15 is 0 Å². The maximum absolute atomic E-state index is 12.5. The van der Waals surface area contributed by atoms with E-state index in [1.807, 2.05) is 6.92 Å². The molecule has 0 saturated carbocycles. The molecule has 0 aromatic rings. The number of hydrogen-bond acceptors (Lipinski definition) is 2. The highest BCUT2D eigenvalue weighted by atomic mass is 19.4. The molecule has 1 saturated heterocycles. The SMILES string of the molecule is CC1CC(C(=O)N(CC(F)(F)F)C(C)C)CCN1. The van der Waals surface area contributed by atoms with E-state index in [4.69, 9.17) is 0 Å². The molecular formula is C12H21F3N2O. The van der Waals surface area contributed by atoms with Crippen LogP contribution in [0.15, 0.2) is 0 Å². The highest BCUT2D eigenvalue weighted by Gasteiger charge is 2.37. The zero-order valence-corrected chi connectivity index (χ0v) is 11.0. The zero-order valence-electron chi connectivity index (χ0n) is 11.0. The van der Waals surface area contributed by atoms with E-state index in [0.717, 1.165) is 4.90 Å². The molecule has 106 valence electrons. The Hall–Kier alpha value is -0.780. The van der Waals surface area contributed by atoms with Gasteiger partial charge in [-0.3, -0.25) is 4.79 Å². The van der Waals surface area contributed by atoms with Gasteiger partial charge in [-0.25, -0.2) is 0 Å². The fourth-order valence-corrected chi connectivity index (χ4v) is 2.30. The number of nitrogens with zero attached hydrogens (tertiary/aromatic N) is 1. The largest absolute Gasteiger partial charge is 0.406 e. The molecule has 2 unspecified atom stereocenters. The Balaban J connectivity index is 2.70. The minimum atomic E-state index is -4.33. The van der Waals surface area contributed by atoms with Crippen molar-refractivity contribution < 1.29 is 18.0 Å². The van der Waals surface area contributed by atoms with E-state index in [-0.39, 0.29) is 17.9 Å². The molecule has 0 bridgehead atoms. The Bertz CT molecular complexity index is 292. The second kappa shape index (κ2) is 5.91. The van der Waals surface area contributed by atoms with Gasteiger partial charge in [0.2, 0.25) is 5.91 Å². The lowest BCUT2D eigenvalue weighted by Crippen LogP contribution is -2.49. The molecule has 1 heterocycles. The van der Waals surface area contributed by atoms with Crippen LogP contribution >= 0.6 is 0 Å². The first-order chi connectivity index (χ1) is 8.20. The Labute approximate surface area is 106 Å². The smallest absolute Gasteiger partial charge is 0.331 e. The molecule has 6 heteroatoms. The van der Waals surface area contributed by atoms with Crippen LogP contribution in [-0.4, -0.2) is 42.2 Å². The van der Waals surface area contributed by atoms with Crippen molar-refractivity contribution in [3.05, 3.63) is 0 Å². The first-order valence-electron chi connectivity index (χ1n) is 6.31. The second-order valence-electron chi connectivity index (χ2n) is 5.25. The predicted octanol–water partition coefficient (Wildman–Crippen LogP) is 2.17. The topological polar surface area (TPSA) is 32.3 Å². The van der Waals surface area contributed by atoms with Gasteiger partial charge in [0.15, 0.2) is 0 Å². The lowest BCUT2D eigenvalue weighted by atomic mass is 9.91. The van der Waals surface area contributed by atoms with Crippen molar-refractivity contribution in [1.82, 2.24) is 10.2 Å². The van der Waals surface area contributed by atoms with Crippen LogP contribution in [0.4, 0.5) is 13.2 Å². The van der Waals surface area contributed by atoms with Crippen molar-refractivity contribution >= 4 is 5.91 Å². The van der Waals surface area contributed by atoms with E-state index in [9.17, 15) is 18.0 Å². The number of carbonyl (C=O) groups is 1. The van der Waals surface area contributed by atoms with Crippen LogP contribution < -0.4 is 5.32 Å². The van der Waals surface area contributed by atoms with Crippen molar-refractivity contribution in [3.8, 4) is 0 Å². The number of amides is 1. The fourth-order valence-electron chi connectivity index (χ4n) is 2.30. The summed E-state index contributed by atoms with van der Waals surface area (Å²) in [6.07, 6.45) is -3.11. The third-order valence-electron chi connectivity index (χ3n) is 3.23. The van der Waals surface area contributed by atoms with Gasteiger partial charge in [-0.15, -0.1) is 0 Å². The molecule has 0 spiro atoms. The van der Waals surface area contributed by atoms with Crippen LogP contribution in [0.2, 0.25) is 0 Å². The number of rotatable bonds is 3. The quantitative estimate of drug-likeness (QED) is 0.849. The number of alkyl halides is 3. The Morgan fingerprint density at radius 3 is 2.50 bits per heavy atom. The summed E-state index contributed by atoms with van der Waals surface area (Å²) in [5.74, 6) is -0.651. The standard InChI is InChI=1S/C12H21F3N2O/c1-8(2)17(7-12(13,14)15)11(18)10-4-5-16-9(3)6-10/h8-10,16H,4-7H2,1-3H3. The molecule has 0 radical (unpaired) electrons. The summed E-state index contributed by atoms with van der Waals surface area (Å²) < 4.78 is 37.4. The molecule has 1 N–H and O–H groups in total. The maximum Gasteiger partial charge on any atom is 0.406 e. The van der Waals surface area contributed by atoms with Gasteiger partial charge in [0, 0.05) is 18.0 Å². The Kier molecular flexibility index (Phi) is 5.01. The summed E-state index contributed by atoms with van der Waals surface area (Å²) in [4.78, 5) is 13.1. The average Bonchev–Trinajstić information content (AvgIpc) is 2.23. The van der Waals surface area contributed by atoms with E-state index < -0.39 is 18.8 Å². The Morgan fingerprint density at radius 1 is 1.44 bits per heavy atom. The average molecular weight is 266 g/mol. The lowest BCUT2D eigenvalue weighted by molar-refractivity contribution is -0.167. The molecule has 0 aliphatic carbocycles. The third kappa shape index (κ3) is 4.48. The lowest BCUT2D eigenvalue weighted by Gasteiger charge is -2.34. The monoisotopic (exact) mass is 266 g/mol. The first kappa shape index (κ1) is 15.3. The van der Waals surface area contributed by atoms with Gasteiger partial charge in [-0.2, -0.15) is 13.2 Å². The molecule has 3 nitrogen and oxygen atoms in total. The van der Waals surface area contributed by atoms with E-state index in [1.54, 1.807) is 13.8 Å². The molecule has 2 atom stereocenters. The number of hydrogen-bond donors (Lipinski definition) is 1. The van der Waals surface area contributed by atoms with E-state index in [0.29, 0.717) is 19.4 Å². The van der Waals surface area contributed by atoms with Crippen LogP contribution in [0.3, 0.4) is 0 Å². The van der Waals surface area contributed by atoms with Crippen LogP contribution in [0.5, 0.6) is 0 Å². The number of halogens is 3. The van der Waals surface area contributed by atoms with E-state index in [2.05, 4.69) is 5.32 Å². The van der Waals surface area contributed by atoms with Crippen LogP contribution in [0.1, 0.15) is 33.6 Å². The van der Waals surface area contributed by atoms with Crippen molar-refractivity contribution in [2.45, 2.75) is 51.9 Å². The van der Waals surface area contributed by atoms with Gasteiger partial charge < -0.3 is 10.2 Å². The number of carbonyl (C=O) groups excluding carboxylic acids is 1. The summed E-state index contributed by atoms with van der Waals surface area (Å²) in [7, 11) is 0. The normalized spacial score (nSPS) is 25.3. The van der Waals surface area contributed by atoms with Crippen molar-refractivity contribution in [2.24, 2.45) is 5.92 Å². The molecule has 1 aliphatic rings. The third-order valence-corrected chi connectivity index (χ3v) is 3.23. The molecule has 1 aliphatic heterocycles. The molecule has 1 amide bonds. The molecule has 1 rings (SSSR count). The summed E-state index contributed by atoms with van der Waals surface area (Å²) in [6.45, 7) is 4.72. The minimum absolute atomic E-state index is 0.188. The molecule has 0 aromatic carbocycles. The minimum Gasteiger partial charge on any atom is -0.331 e. The van der Waals surface area contributed by atoms with Gasteiger partial charge in [-0.05, 0) is 40.2 Å². The Morgan fingerprint density at radius 2 is 2.06 bits per heavy atom. The maximum atomic E-state index is 12.5.